The molecular formula is C23H26N6OS. The minimum Gasteiger partial charge on any atom is -0.351 e. The molecule has 3 aromatic heterocycles. The highest BCUT2D eigenvalue weighted by atomic mass is 32.1. The maximum absolute atomic E-state index is 12.6. The quantitative estimate of drug-likeness (QED) is 0.425. The highest BCUT2D eigenvalue weighted by Gasteiger charge is 2.18. The summed E-state index contributed by atoms with van der Waals surface area (Å²) in [5.41, 5.74) is 3.33. The number of benzene rings is 1. The van der Waals surface area contributed by atoms with E-state index < -0.39 is 0 Å². The maximum Gasteiger partial charge on any atom is 0.251 e. The summed E-state index contributed by atoms with van der Waals surface area (Å²) in [5, 5.41) is 7.11. The zero-order chi connectivity index (χ0) is 21.6. The zero-order valence-electron chi connectivity index (χ0n) is 17.7. The molecule has 0 spiro atoms. The van der Waals surface area contributed by atoms with Crippen molar-refractivity contribution in [1.29, 1.82) is 0 Å². The van der Waals surface area contributed by atoms with Gasteiger partial charge in [0, 0.05) is 54.5 Å². The van der Waals surface area contributed by atoms with Crippen molar-refractivity contribution in [3.63, 3.8) is 0 Å². The number of nitrogens with zero attached hydrogens (tertiary/aromatic N) is 5. The Morgan fingerprint density at radius 3 is 2.45 bits per heavy atom. The van der Waals surface area contributed by atoms with Gasteiger partial charge in [0.2, 0.25) is 0 Å². The van der Waals surface area contributed by atoms with Crippen molar-refractivity contribution in [2.24, 2.45) is 0 Å². The summed E-state index contributed by atoms with van der Waals surface area (Å²) in [7, 11) is 0. The van der Waals surface area contributed by atoms with Gasteiger partial charge < -0.3 is 14.6 Å². The molecule has 0 atom stereocenters. The third kappa shape index (κ3) is 4.60. The molecule has 0 saturated heterocycles. The van der Waals surface area contributed by atoms with Gasteiger partial charge in [-0.2, -0.15) is 11.3 Å². The van der Waals surface area contributed by atoms with Crippen LogP contribution < -0.4 is 10.2 Å². The number of nitrogens with one attached hydrogen (secondary N) is 1. The number of carbonyl (C=O) groups excluding carboxylic acids is 1. The average molecular weight is 435 g/mol. The standard InChI is InChI=1S/C23H26N6OS/c1-3-27(4-2)13-10-26-23(30)18-5-7-19(8-6-18)29(20-9-16-31-17-20)22-21-24-11-14-28(21)15-12-25-22/h5-9,11-12,14-17H,3-4,10,13H2,1-2H3,(H,26,30). The Labute approximate surface area is 186 Å². The normalized spacial score (nSPS) is 11.2. The van der Waals surface area contributed by atoms with Gasteiger partial charge >= 0.3 is 0 Å². The molecule has 1 amide bonds. The van der Waals surface area contributed by atoms with E-state index in [1.807, 2.05) is 52.5 Å². The first kappa shape index (κ1) is 21.0. The molecule has 0 bridgehead atoms. The molecule has 0 aliphatic carbocycles. The van der Waals surface area contributed by atoms with Crippen LogP contribution in [-0.4, -0.2) is 51.4 Å². The number of hydrogen-bond acceptors (Lipinski definition) is 6. The van der Waals surface area contributed by atoms with Crippen LogP contribution in [0.5, 0.6) is 0 Å². The molecule has 3 heterocycles. The minimum absolute atomic E-state index is 0.0609. The number of carbonyl (C=O) groups is 1. The molecule has 4 rings (SSSR count). The monoisotopic (exact) mass is 434 g/mol. The Hall–Kier alpha value is -3.23. The number of anilines is 3. The van der Waals surface area contributed by atoms with Crippen LogP contribution in [0.25, 0.3) is 5.65 Å². The second-order valence-corrected chi connectivity index (χ2v) is 7.84. The van der Waals surface area contributed by atoms with Crippen molar-refractivity contribution in [1.82, 2.24) is 24.6 Å². The topological polar surface area (TPSA) is 65.8 Å². The van der Waals surface area contributed by atoms with Gasteiger partial charge in [-0.05, 0) is 48.8 Å². The van der Waals surface area contributed by atoms with Crippen LogP contribution in [0.2, 0.25) is 0 Å². The van der Waals surface area contributed by atoms with Gasteiger partial charge in [-0.15, -0.1) is 0 Å². The average Bonchev–Trinajstić information content (AvgIpc) is 3.50. The second kappa shape index (κ2) is 9.72. The zero-order valence-corrected chi connectivity index (χ0v) is 18.5. The van der Waals surface area contributed by atoms with E-state index in [0.717, 1.165) is 42.5 Å². The largest absolute Gasteiger partial charge is 0.351 e. The Morgan fingerprint density at radius 1 is 1.03 bits per heavy atom. The second-order valence-electron chi connectivity index (χ2n) is 7.06. The number of fused-ring (bicyclic) bond motifs is 1. The fourth-order valence-corrected chi connectivity index (χ4v) is 4.13. The number of hydrogen-bond donors (Lipinski definition) is 1. The van der Waals surface area contributed by atoms with Crippen molar-refractivity contribution in [2.45, 2.75) is 13.8 Å². The Kier molecular flexibility index (Phi) is 6.59. The molecule has 8 heteroatoms. The molecule has 0 aliphatic rings. The fraction of sp³-hybridized carbons (Fsp3) is 0.261. The Balaban J connectivity index is 1.57. The van der Waals surface area contributed by atoms with Crippen molar-refractivity contribution >= 4 is 40.1 Å². The predicted octanol–water partition coefficient (Wildman–Crippen LogP) is 4.33. The third-order valence-electron chi connectivity index (χ3n) is 5.26. The summed E-state index contributed by atoms with van der Waals surface area (Å²) < 4.78 is 1.94. The van der Waals surface area contributed by atoms with Crippen LogP contribution in [-0.2, 0) is 0 Å². The molecule has 7 nitrogen and oxygen atoms in total. The predicted molar refractivity (Wildman–Crippen MR) is 126 cm³/mol. The Bertz CT molecular complexity index is 1120. The van der Waals surface area contributed by atoms with Crippen LogP contribution in [0.1, 0.15) is 24.2 Å². The number of thiophene rings is 1. The van der Waals surface area contributed by atoms with Crippen LogP contribution in [0.4, 0.5) is 17.2 Å². The van der Waals surface area contributed by atoms with Crippen molar-refractivity contribution in [3.05, 3.63) is 71.4 Å². The summed E-state index contributed by atoms with van der Waals surface area (Å²) in [6, 6.07) is 9.66. The highest BCUT2D eigenvalue weighted by molar-refractivity contribution is 7.08. The molecule has 1 N–H and O–H groups in total. The van der Waals surface area contributed by atoms with Gasteiger partial charge in [-0.25, -0.2) is 9.97 Å². The van der Waals surface area contributed by atoms with Gasteiger partial charge in [-0.3, -0.25) is 9.69 Å². The lowest BCUT2D eigenvalue weighted by atomic mass is 10.1. The third-order valence-corrected chi connectivity index (χ3v) is 5.94. The lowest BCUT2D eigenvalue weighted by Crippen LogP contribution is -2.34. The number of amides is 1. The molecule has 0 radical (unpaired) electrons. The van der Waals surface area contributed by atoms with Crippen LogP contribution >= 0.6 is 11.3 Å². The fourth-order valence-electron chi connectivity index (χ4n) is 3.51. The number of imidazole rings is 1. The first-order valence-electron chi connectivity index (χ1n) is 10.4. The van der Waals surface area contributed by atoms with Crippen molar-refractivity contribution < 1.29 is 4.79 Å². The van der Waals surface area contributed by atoms with Crippen LogP contribution in [0.15, 0.2) is 65.9 Å². The summed E-state index contributed by atoms with van der Waals surface area (Å²) in [6.07, 6.45) is 7.31. The molecule has 160 valence electrons. The molecule has 0 saturated carbocycles. The Morgan fingerprint density at radius 2 is 1.77 bits per heavy atom. The van der Waals surface area contributed by atoms with E-state index in [4.69, 9.17) is 0 Å². The molecule has 4 aromatic rings. The van der Waals surface area contributed by atoms with E-state index in [1.54, 1.807) is 23.7 Å². The number of rotatable bonds is 9. The summed E-state index contributed by atoms with van der Waals surface area (Å²) in [5.74, 6) is 0.677. The lowest BCUT2D eigenvalue weighted by Gasteiger charge is -2.23. The molecular weight excluding hydrogens is 408 g/mol. The minimum atomic E-state index is -0.0609. The summed E-state index contributed by atoms with van der Waals surface area (Å²) >= 11 is 1.62. The van der Waals surface area contributed by atoms with Gasteiger partial charge in [0.25, 0.3) is 5.91 Å². The first-order valence-corrected chi connectivity index (χ1v) is 11.4. The van der Waals surface area contributed by atoms with Crippen LogP contribution in [0, 0.1) is 0 Å². The lowest BCUT2D eigenvalue weighted by molar-refractivity contribution is 0.0949. The van der Waals surface area contributed by atoms with Gasteiger partial charge in [0.1, 0.15) is 0 Å². The highest BCUT2D eigenvalue weighted by Crippen LogP contribution is 2.36. The van der Waals surface area contributed by atoms with E-state index in [1.165, 1.54) is 0 Å². The van der Waals surface area contributed by atoms with E-state index >= 15 is 0 Å². The van der Waals surface area contributed by atoms with Crippen LogP contribution in [0.3, 0.4) is 0 Å². The van der Waals surface area contributed by atoms with Crippen molar-refractivity contribution in [3.8, 4) is 0 Å². The molecule has 0 fully saturated rings. The van der Waals surface area contributed by atoms with Crippen molar-refractivity contribution in [2.75, 3.05) is 31.1 Å². The summed E-state index contributed by atoms with van der Waals surface area (Å²) in [4.78, 5) is 26.0. The molecule has 1 aromatic carbocycles. The molecule has 0 aliphatic heterocycles. The van der Waals surface area contributed by atoms with E-state index in [9.17, 15) is 4.79 Å². The maximum atomic E-state index is 12.6. The smallest absolute Gasteiger partial charge is 0.251 e. The van der Waals surface area contributed by atoms with Gasteiger partial charge in [0.15, 0.2) is 11.5 Å². The van der Waals surface area contributed by atoms with E-state index in [-0.39, 0.29) is 5.91 Å². The van der Waals surface area contributed by atoms with E-state index in [2.05, 4.69) is 44.3 Å². The number of likely N-dealkylation sites (N-methyl/N-ethyl adjacent to an activating group) is 1. The van der Waals surface area contributed by atoms with Gasteiger partial charge in [0.05, 0.1) is 5.69 Å². The summed E-state index contributed by atoms with van der Waals surface area (Å²) in [6.45, 7) is 7.70. The molecule has 31 heavy (non-hydrogen) atoms. The molecule has 0 unspecified atom stereocenters. The first-order chi connectivity index (χ1) is 15.2. The SMILES string of the molecule is CCN(CC)CCNC(=O)c1ccc(N(c2ccsc2)c2nccn3ccnc23)cc1. The van der Waals surface area contributed by atoms with E-state index in [0.29, 0.717) is 12.1 Å². The number of aromatic nitrogens is 3. The van der Waals surface area contributed by atoms with Gasteiger partial charge in [-0.1, -0.05) is 13.8 Å².